The number of hydrogen-bond acceptors (Lipinski definition) is 27. The molecule has 5 aliphatic heterocycles. The molecule has 28 nitrogen and oxygen atoms in total. The van der Waals surface area contributed by atoms with Gasteiger partial charge >= 0.3 is 0 Å². The van der Waals surface area contributed by atoms with Crippen LogP contribution in [0.5, 0.6) is 0 Å². The van der Waals surface area contributed by atoms with Crippen LogP contribution in [0.25, 0.3) is 10.8 Å². The van der Waals surface area contributed by atoms with Crippen molar-refractivity contribution < 1.29 is 4.92 Å². The van der Waals surface area contributed by atoms with E-state index in [0.717, 1.165) is 195 Å². The van der Waals surface area contributed by atoms with Crippen molar-refractivity contribution in [3.8, 4) is 0 Å². The molecule has 5 saturated heterocycles. The number of aryl methyl sites for hydroxylation is 3. The Morgan fingerprint density at radius 2 is 0.504 bits per heavy atom. The van der Waals surface area contributed by atoms with Crippen LogP contribution in [-0.4, -0.2) is 118 Å². The number of benzene rings is 6. The minimum atomic E-state index is -0.469. The smallest absolute Gasteiger partial charge is 0.283 e. The van der Waals surface area contributed by atoms with Gasteiger partial charge in [0, 0.05) is 126 Å². The highest BCUT2D eigenvalue weighted by Gasteiger charge is 2.37. The molecule has 5 fully saturated rings. The molecule has 0 aliphatic carbocycles. The molecule has 0 bridgehead atoms. The van der Waals surface area contributed by atoms with E-state index >= 15 is 0 Å². The summed E-state index contributed by atoms with van der Waals surface area (Å²) in [6, 6.07) is 44.5. The third kappa shape index (κ3) is 24.2. The summed E-state index contributed by atoms with van der Waals surface area (Å²) in [7, 11) is 8.84. The van der Waals surface area contributed by atoms with Crippen LogP contribution in [0.2, 0.25) is 0 Å². The van der Waals surface area contributed by atoms with Gasteiger partial charge < -0.3 is 53.2 Å². The third-order valence-corrected chi connectivity index (χ3v) is 35.1. The van der Waals surface area contributed by atoms with Gasteiger partial charge in [0.05, 0.1) is 9.82 Å². The van der Waals surface area contributed by atoms with E-state index in [9.17, 15) is 34.1 Å². The zero-order valence-corrected chi connectivity index (χ0v) is 86.0. The molecule has 10 heterocycles. The van der Waals surface area contributed by atoms with Crippen molar-refractivity contribution in [3.63, 3.8) is 0 Å². The third-order valence-electron chi connectivity index (χ3n) is 28.9. The molecule has 0 radical (unpaired) electrons. The number of rotatable bonds is 21. The molecular formula is C102H137N21O7S5. The zero-order valence-electron chi connectivity index (χ0n) is 81.9. The number of aromatic nitrogens is 10. The van der Waals surface area contributed by atoms with Crippen LogP contribution in [0, 0.1) is 58.0 Å². The van der Waals surface area contributed by atoms with Crippen molar-refractivity contribution in [3.05, 3.63) is 218 Å². The van der Waals surface area contributed by atoms with E-state index in [0.29, 0.717) is 105 Å². The van der Waals surface area contributed by atoms with E-state index in [-0.39, 0.29) is 44.2 Å². The van der Waals surface area contributed by atoms with Gasteiger partial charge in [-0.2, -0.15) is 24.9 Å². The Morgan fingerprint density at radius 3 is 0.748 bits per heavy atom. The highest BCUT2D eigenvalue weighted by atomic mass is 32.2. The first-order chi connectivity index (χ1) is 64.2. The second-order valence-corrected chi connectivity index (χ2v) is 43.5. The van der Waals surface area contributed by atoms with Crippen molar-refractivity contribution >= 4 is 134 Å². The number of piperidine rings is 5. The van der Waals surface area contributed by atoms with Gasteiger partial charge in [0.15, 0.2) is 0 Å². The quantitative estimate of drug-likeness (QED) is 0.0329. The largest absolute Gasteiger partial charge is 0.382 e. The summed E-state index contributed by atoms with van der Waals surface area (Å²) in [5.74, 6) is 4.63. The Bertz CT molecular complexity index is 6030. The van der Waals surface area contributed by atoms with Gasteiger partial charge in [0.1, 0.15) is 53.6 Å². The van der Waals surface area contributed by atoms with Crippen molar-refractivity contribution in [1.29, 1.82) is 0 Å². The van der Waals surface area contributed by atoms with Crippen molar-refractivity contribution in [2.75, 3.05) is 119 Å². The van der Waals surface area contributed by atoms with E-state index in [1.54, 1.807) is 71.7 Å². The highest BCUT2D eigenvalue weighted by Crippen LogP contribution is 2.45. The van der Waals surface area contributed by atoms with Crippen LogP contribution in [0.3, 0.4) is 0 Å². The average molecular weight is 1930 g/mol. The molecule has 6 aromatic carbocycles. The lowest BCUT2D eigenvalue weighted by Gasteiger charge is -2.39. The Morgan fingerprint density at radius 1 is 0.304 bits per heavy atom. The van der Waals surface area contributed by atoms with Gasteiger partial charge in [0.25, 0.3) is 33.5 Å². The monoisotopic (exact) mass is 1930 g/mol. The maximum atomic E-state index is 13.2. The molecule has 5 aliphatic rings. The summed E-state index contributed by atoms with van der Waals surface area (Å²) in [5.41, 5.74) is 35.6. The molecule has 16 rings (SSSR count). The Kier molecular flexibility index (Phi) is 34.0. The number of nitro benzene ring substituents is 1. The molecule has 11 aromatic rings. The lowest BCUT2D eigenvalue weighted by molar-refractivity contribution is -0.387. The van der Waals surface area contributed by atoms with Crippen LogP contribution >= 0.6 is 58.8 Å². The number of fused-ring (bicyclic) bond motifs is 1. The molecule has 0 saturated carbocycles. The van der Waals surface area contributed by atoms with E-state index in [1.165, 1.54) is 83.4 Å². The number of para-hydroxylation sites is 1. The highest BCUT2D eigenvalue weighted by molar-refractivity contribution is 8.00. The predicted molar refractivity (Wildman–Crippen MR) is 560 cm³/mol. The molecule has 0 atom stereocenters. The number of nitro groups is 1. The number of anilines is 10. The number of nitrogens with zero attached hydrogens (tertiary/aromatic N) is 16. The molecule has 135 heavy (non-hydrogen) atoms. The van der Waals surface area contributed by atoms with Crippen molar-refractivity contribution in [2.45, 2.75) is 235 Å². The van der Waals surface area contributed by atoms with Gasteiger partial charge in [-0.15, -0.1) is 0 Å². The normalized spacial score (nSPS) is 16.5. The molecule has 5 aromatic heterocycles. The maximum Gasteiger partial charge on any atom is 0.283 e. The zero-order chi connectivity index (χ0) is 97.8. The average Bonchev–Trinajstić information content (AvgIpc) is 0.835. The second-order valence-electron chi connectivity index (χ2n) is 38.2. The van der Waals surface area contributed by atoms with E-state index in [1.807, 2.05) is 118 Å². The molecule has 722 valence electrons. The number of nitrogens with two attached hydrogens (primary N) is 5. The molecular weight excluding hydrogens is 1790 g/mol. The van der Waals surface area contributed by atoms with Crippen LogP contribution in [0.15, 0.2) is 212 Å². The lowest BCUT2D eigenvalue weighted by atomic mass is 9.78. The molecule has 10 N–H and O–H groups in total. The summed E-state index contributed by atoms with van der Waals surface area (Å²) in [6.45, 7) is 37.9. The minimum Gasteiger partial charge on any atom is -0.382 e. The van der Waals surface area contributed by atoms with E-state index in [4.69, 9.17) is 28.7 Å². The van der Waals surface area contributed by atoms with Crippen LogP contribution in [-0.2, 0) is 35.2 Å². The topological polar surface area (TPSA) is 364 Å². The van der Waals surface area contributed by atoms with Gasteiger partial charge in [-0.25, -0.2) is 0 Å². The molecule has 0 amide bonds. The van der Waals surface area contributed by atoms with Gasteiger partial charge in [-0.1, -0.05) is 263 Å². The fourth-order valence-electron chi connectivity index (χ4n) is 17.4. The van der Waals surface area contributed by atoms with Crippen molar-refractivity contribution in [2.24, 2.45) is 62.3 Å². The Labute approximate surface area is 815 Å². The van der Waals surface area contributed by atoms with E-state index in [2.05, 4.69) is 137 Å². The molecule has 33 heteroatoms. The Balaban J connectivity index is 0.000000152. The van der Waals surface area contributed by atoms with Gasteiger partial charge in [-0.05, 0) is 170 Å². The van der Waals surface area contributed by atoms with E-state index < -0.39 is 4.92 Å². The second kappa shape index (κ2) is 44.5. The summed E-state index contributed by atoms with van der Waals surface area (Å²) < 4.78 is 8.07. The lowest BCUT2D eigenvalue weighted by Crippen LogP contribution is -2.41. The van der Waals surface area contributed by atoms with Gasteiger partial charge in [-0.3, -0.25) is 56.9 Å². The first kappa shape index (κ1) is 103. The summed E-state index contributed by atoms with van der Waals surface area (Å²) in [6.07, 6.45) is 16.8. The summed E-state index contributed by atoms with van der Waals surface area (Å²) in [4.78, 5) is 116. The van der Waals surface area contributed by atoms with Crippen LogP contribution in [0.1, 0.15) is 182 Å². The summed E-state index contributed by atoms with van der Waals surface area (Å²) >= 11 is 6.59. The first-order valence-electron chi connectivity index (χ1n) is 47.1. The molecule has 0 unspecified atom stereocenters. The molecule has 0 spiro atoms. The summed E-state index contributed by atoms with van der Waals surface area (Å²) in [5, 5.41) is 13.5. The fraction of sp³-hybridized carbons (Fsp3) is 0.471. The standard InChI is InChI=1S/C23H28N4OS.3C20H28N4OS.C19H25N5O3S/c1-4-23(2)12-14-27(15-13-23)22-25-20(24)19(21(28)26(22)3)29-18-11-7-9-16-8-5-6-10-17(16)18;3*1-5-20(3)10-12-24(13-11-20)19-22-17(21)16(18(25)23(19)4)26-15-9-7-6-8-14(15)2;1-4-19(2)9-11-23(12-10-19)18-21-16(20)15(17(25)22(18)3)28-14-8-6-5-7-13(14)24(26)27/h5-11H,4,12-15,24H2,1-3H3;3*6-9H,5,10-13,21H2,1-4H3;5-8H,4,9-12,20H2,1-3H3. The number of hydrogen-bond donors (Lipinski definition) is 5. The predicted octanol–water partition coefficient (Wildman–Crippen LogP) is 19.6. The fourth-order valence-corrected chi connectivity index (χ4v) is 22.3. The van der Waals surface area contributed by atoms with Crippen LogP contribution < -0.4 is 81.0 Å². The maximum absolute atomic E-state index is 13.2. The first-order valence-corrected chi connectivity index (χ1v) is 51.1. The number of nitrogen functional groups attached to an aromatic ring is 5. The minimum absolute atomic E-state index is 0.0621. The van der Waals surface area contributed by atoms with Crippen LogP contribution in [0.4, 0.5) is 64.5 Å². The van der Waals surface area contributed by atoms with Crippen molar-refractivity contribution in [1.82, 2.24) is 47.8 Å². The Hall–Kier alpha value is -10.9. The van der Waals surface area contributed by atoms with Gasteiger partial charge in [0.2, 0.25) is 29.7 Å². The SMILES string of the molecule is CCC1(C)CCN(c2nc(N)c(Sc3cccc4ccccc34)c(=O)n2C)CC1.CCC1(C)CCN(c2nc(N)c(Sc3ccccc3C)c(=O)n2C)CC1.CCC1(C)CCN(c2nc(N)c(Sc3ccccc3C)c(=O)n2C)CC1.CCC1(C)CCN(c2nc(N)c(Sc3ccccc3C)c(=O)n2C)CC1.CCC1(C)CCN(c2nc(N)c(Sc3ccccc3[N+](=O)[O-])c(=O)n2C)CC1.